The van der Waals surface area contributed by atoms with E-state index in [1.54, 1.807) is 0 Å². The van der Waals surface area contributed by atoms with Gasteiger partial charge in [-0.3, -0.25) is 5.10 Å². The van der Waals surface area contributed by atoms with Crippen molar-refractivity contribution in [1.82, 2.24) is 14.5 Å². The predicted molar refractivity (Wildman–Crippen MR) is 63.9 cm³/mol. The second-order valence-electron chi connectivity index (χ2n) is 3.56. The van der Waals surface area contributed by atoms with Gasteiger partial charge in [0.1, 0.15) is 16.0 Å². The Kier molecular flexibility index (Phi) is 3.43. The summed E-state index contributed by atoms with van der Waals surface area (Å²) in [7, 11) is -3.54. The number of nitrogens with one attached hydrogen (secondary N) is 1. The number of morpholine rings is 1. The zero-order valence-electron chi connectivity index (χ0n) is 8.87. The highest BCUT2D eigenvalue weighted by atomic mass is 32.2. The van der Waals surface area contributed by atoms with Gasteiger partial charge in [-0.1, -0.05) is 12.2 Å². The van der Waals surface area contributed by atoms with Crippen LogP contribution in [0.3, 0.4) is 0 Å². The smallest absolute Gasteiger partial charge is 0.246 e. The Hall–Kier alpha value is -1.03. The molecule has 1 fully saturated rings. The van der Waals surface area contributed by atoms with Gasteiger partial charge in [-0.05, 0) is 0 Å². The molecule has 7 nitrogen and oxygen atoms in total. The zero-order chi connectivity index (χ0) is 12.5. The summed E-state index contributed by atoms with van der Waals surface area (Å²) in [6.07, 6.45) is 2.07. The van der Waals surface area contributed by atoms with E-state index in [4.69, 9.17) is 22.7 Å². The molecular weight excluding hydrogens is 264 g/mol. The molecule has 0 amide bonds. The van der Waals surface area contributed by atoms with Crippen molar-refractivity contribution in [3.8, 4) is 0 Å². The van der Waals surface area contributed by atoms with E-state index in [1.165, 1.54) is 16.7 Å². The van der Waals surface area contributed by atoms with Gasteiger partial charge in [-0.25, -0.2) is 8.42 Å². The minimum absolute atomic E-state index is 0.126. The number of nitrogens with two attached hydrogens (primary N) is 1. The SMILES string of the molecule is NC(=S)C1CN(S(=O)(=O)c2cn[nH]c2)CCO1. The maximum absolute atomic E-state index is 12.1. The van der Waals surface area contributed by atoms with Crippen LogP contribution in [0.5, 0.6) is 0 Å². The molecule has 94 valence electrons. The number of aromatic amines is 1. The third kappa shape index (κ3) is 2.46. The summed E-state index contributed by atoms with van der Waals surface area (Å²) in [6.45, 7) is 0.703. The van der Waals surface area contributed by atoms with E-state index in [0.29, 0.717) is 0 Å². The molecule has 1 aliphatic heterocycles. The minimum atomic E-state index is -3.54. The number of H-pyrrole nitrogens is 1. The first-order valence-electron chi connectivity index (χ1n) is 4.91. The van der Waals surface area contributed by atoms with Crippen LogP contribution in [0.2, 0.25) is 0 Å². The van der Waals surface area contributed by atoms with E-state index in [0.717, 1.165) is 0 Å². The van der Waals surface area contributed by atoms with Gasteiger partial charge in [0.2, 0.25) is 10.0 Å². The Morgan fingerprint density at radius 2 is 2.47 bits per heavy atom. The molecule has 1 aromatic rings. The number of hydrogen-bond donors (Lipinski definition) is 2. The van der Waals surface area contributed by atoms with Crippen LogP contribution in [-0.2, 0) is 14.8 Å². The molecule has 2 rings (SSSR count). The first-order valence-corrected chi connectivity index (χ1v) is 6.76. The third-order valence-corrected chi connectivity index (χ3v) is 4.55. The number of nitrogens with zero attached hydrogens (tertiary/aromatic N) is 2. The average molecular weight is 276 g/mol. The van der Waals surface area contributed by atoms with Crippen LogP contribution < -0.4 is 5.73 Å². The second-order valence-corrected chi connectivity index (χ2v) is 5.97. The van der Waals surface area contributed by atoms with Crippen molar-refractivity contribution in [3.05, 3.63) is 12.4 Å². The van der Waals surface area contributed by atoms with Gasteiger partial charge in [0.25, 0.3) is 0 Å². The number of aromatic nitrogens is 2. The highest BCUT2D eigenvalue weighted by Crippen LogP contribution is 2.17. The molecule has 0 radical (unpaired) electrons. The predicted octanol–water partition coefficient (Wildman–Crippen LogP) is -0.915. The molecule has 3 N–H and O–H groups in total. The largest absolute Gasteiger partial charge is 0.391 e. The number of ether oxygens (including phenoxy) is 1. The lowest BCUT2D eigenvalue weighted by Crippen LogP contribution is -2.49. The van der Waals surface area contributed by atoms with E-state index in [1.807, 2.05) is 0 Å². The highest BCUT2D eigenvalue weighted by molar-refractivity contribution is 7.89. The Balaban J connectivity index is 2.20. The van der Waals surface area contributed by atoms with Gasteiger partial charge in [0.05, 0.1) is 12.8 Å². The van der Waals surface area contributed by atoms with Crippen LogP contribution in [0.25, 0.3) is 0 Å². The zero-order valence-corrected chi connectivity index (χ0v) is 10.5. The van der Waals surface area contributed by atoms with Crippen LogP contribution in [0, 0.1) is 0 Å². The topological polar surface area (TPSA) is 101 Å². The van der Waals surface area contributed by atoms with Crippen LogP contribution in [0.1, 0.15) is 0 Å². The molecule has 0 saturated carbocycles. The van der Waals surface area contributed by atoms with Gasteiger partial charge in [0, 0.05) is 19.3 Å². The van der Waals surface area contributed by atoms with Gasteiger partial charge in [0.15, 0.2) is 0 Å². The van der Waals surface area contributed by atoms with Crippen LogP contribution in [-0.4, -0.2) is 53.7 Å². The minimum Gasteiger partial charge on any atom is -0.391 e. The molecule has 0 aromatic carbocycles. The Labute approximate surface area is 104 Å². The van der Waals surface area contributed by atoms with E-state index in [-0.39, 0.29) is 29.6 Å². The maximum atomic E-state index is 12.1. The maximum Gasteiger partial charge on any atom is 0.246 e. The van der Waals surface area contributed by atoms with Crippen molar-refractivity contribution >= 4 is 27.2 Å². The molecule has 1 aromatic heterocycles. The summed E-state index contributed by atoms with van der Waals surface area (Å²) in [6, 6.07) is 0. The molecule has 1 saturated heterocycles. The molecular formula is C8H12N4O3S2. The second kappa shape index (κ2) is 4.69. The first-order chi connectivity index (χ1) is 8.01. The van der Waals surface area contributed by atoms with Gasteiger partial charge < -0.3 is 10.5 Å². The van der Waals surface area contributed by atoms with Crippen molar-refractivity contribution < 1.29 is 13.2 Å². The summed E-state index contributed by atoms with van der Waals surface area (Å²) in [5.41, 5.74) is 5.46. The number of thiocarbonyl (C=S) groups is 1. The quantitative estimate of drug-likeness (QED) is 0.693. The van der Waals surface area contributed by atoms with Crippen LogP contribution >= 0.6 is 12.2 Å². The summed E-state index contributed by atoms with van der Waals surface area (Å²) in [4.78, 5) is 0.290. The molecule has 9 heteroatoms. The van der Waals surface area contributed by atoms with Crippen molar-refractivity contribution in [2.45, 2.75) is 11.0 Å². The molecule has 0 spiro atoms. The molecule has 0 bridgehead atoms. The molecule has 1 unspecified atom stereocenters. The van der Waals surface area contributed by atoms with Crippen molar-refractivity contribution in [2.75, 3.05) is 19.7 Å². The standard InChI is InChI=1S/C8H12N4O3S2/c9-8(16)7-5-12(1-2-15-7)17(13,14)6-3-10-11-4-6/h3-4,7H,1-2,5H2,(H2,9,16)(H,10,11). The number of hydrogen-bond acceptors (Lipinski definition) is 5. The lowest BCUT2D eigenvalue weighted by molar-refractivity contribution is 0.0386. The Morgan fingerprint density at radius 3 is 3.06 bits per heavy atom. The average Bonchev–Trinajstić information content (AvgIpc) is 2.83. The summed E-state index contributed by atoms with van der Waals surface area (Å²) in [5, 5.41) is 6.10. The monoisotopic (exact) mass is 276 g/mol. The van der Waals surface area contributed by atoms with Crippen LogP contribution in [0.4, 0.5) is 0 Å². The van der Waals surface area contributed by atoms with Crippen molar-refractivity contribution in [1.29, 1.82) is 0 Å². The fourth-order valence-corrected chi connectivity index (χ4v) is 3.02. The Morgan fingerprint density at radius 1 is 1.71 bits per heavy atom. The number of rotatable bonds is 3. The molecule has 17 heavy (non-hydrogen) atoms. The van der Waals surface area contributed by atoms with E-state index in [2.05, 4.69) is 10.2 Å². The fraction of sp³-hybridized carbons (Fsp3) is 0.500. The van der Waals surface area contributed by atoms with Crippen molar-refractivity contribution in [2.24, 2.45) is 5.73 Å². The first kappa shape index (κ1) is 12.4. The molecule has 1 atom stereocenters. The third-order valence-electron chi connectivity index (χ3n) is 2.46. The van der Waals surface area contributed by atoms with Gasteiger partial charge in [-0.15, -0.1) is 0 Å². The van der Waals surface area contributed by atoms with Gasteiger partial charge in [-0.2, -0.15) is 9.40 Å². The highest BCUT2D eigenvalue weighted by Gasteiger charge is 2.32. The van der Waals surface area contributed by atoms with Crippen molar-refractivity contribution in [3.63, 3.8) is 0 Å². The van der Waals surface area contributed by atoms with Gasteiger partial charge >= 0.3 is 0 Å². The van der Waals surface area contributed by atoms with E-state index < -0.39 is 16.1 Å². The lowest BCUT2D eigenvalue weighted by atomic mass is 10.3. The molecule has 2 heterocycles. The Bertz CT molecular complexity index is 499. The normalized spacial score (nSPS) is 22.5. The summed E-state index contributed by atoms with van der Waals surface area (Å²) < 4.78 is 30.9. The summed E-state index contributed by atoms with van der Waals surface area (Å²) in [5.74, 6) is 0. The lowest BCUT2D eigenvalue weighted by Gasteiger charge is -2.31. The number of sulfonamides is 1. The van der Waals surface area contributed by atoms with Crippen LogP contribution in [0.15, 0.2) is 17.3 Å². The molecule has 1 aliphatic rings. The van der Waals surface area contributed by atoms with E-state index in [9.17, 15) is 8.42 Å². The molecule has 0 aliphatic carbocycles. The fourth-order valence-electron chi connectivity index (χ4n) is 1.55. The summed E-state index contributed by atoms with van der Waals surface area (Å²) >= 11 is 4.80. The van der Waals surface area contributed by atoms with E-state index >= 15 is 0 Å².